The fraction of sp³-hybridized carbons (Fsp3) is 0.520. The SMILES string of the molecule is CC/C(Cl)=C\C(F)=C(/C)CN1CCC(N2CCN(c3ncc(-n4cccn4)cc3Cl)CC2)CC1. The van der Waals surface area contributed by atoms with E-state index in [-0.39, 0.29) is 5.83 Å². The van der Waals surface area contributed by atoms with Crippen molar-refractivity contribution in [3.05, 3.63) is 58.3 Å². The van der Waals surface area contributed by atoms with E-state index < -0.39 is 0 Å². The molecule has 0 aliphatic carbocycles. The van der Waals surface area contributed by atoms with Crippen molar-refractivity contribution in [3.63, 3.8) is 0 Å². The molecule has 0 spiro atoms. The maximum absolute atomic E-state index is 14.3. The Labute approximate surface area is 211 Å². The molecule has 0 N–H and O–H groups in total. The Kier molecular flexibility index (Phi) is 8.64. The number of hydrogen-bond donors (Lipinski definition) is 0. The zero-order chi connectivity index (χ0) is 24.1. The van der Waals surface area contributed by atoms with E-state index in [2.05, 4.69) is 24.8 Å². The fourth-order valence-electron chi connectivity index (χ4n) is 4.72. The zero-order valence-corrected chi connectivity index (χ0v) is 21.4. The second-order valence-electron chi connectivity index (χ2n) is 9.05. The van der Waals surface area contributed by atoms with Crippen LogP contribution in [0, 0.1) is 0 Å². The Hall–Kier alpha value is -1.93. The van der Waals surface area contributed by atoms with Gasteiger partial charge < -0.3 is 4.90 Å². The van der Waals surface area contributed by atoms with Gasteiger partial charge in [-0.2, -0.15) is 5.10 Å². The number of piperidine rings is 1. The number of aromatic nitrogens is 3. The van der Waals surface area contributed by atoms with Gasteiger partial charge in [-0.15, -0.1) is 0 Å². The third-order valence-electron chi connectivity index (χ3n) is 6.75. The van der Waals surface area contributed by atoms with Crippen molar-refractivity contribution >= 4 is 29.0 Å². The van der Waals surface area contributed by atoms with Crippen LogP contribution in [-0.2, 0) is 0 Å². The van der Waals surface area contributed by atoms with Crippen molar-refractivity contribution in [3.8, 4) is 5.69 Å². The lowest BCUT2D eigenvalue weighted by Gasteiger charge is -2.43. The van der Waals surface area contributed by atoms with E-state index in [1.54, 1.807) is 10.9 Å². The molecule has 2 fully saturated rings. The lowest BCUT2D eigenvalue weighted by atomic mass is 10.0. The van der Waals surface area contributed by atoms with Crippen molar-refractivity contribution < 1.29 is 4.39 Å². The van der Waals surface area contributed by atoms with Crippen LogP contribution in [0.3, 0.4) is 0 Å². The molecule has 2 aliphatic heterocycles. The normalized spacial score (nSPS) is 20.0. The fourth-order valence-corrected chi connectivity index (χ4v) is 5.09. The van der Waals surface area contributed by atoms with E-state index in [0.717, 1.165) is 69.2 Å². The average molecular weight is 507 g/mol. The van der Waals surface area contributed by atoms with Gasteiger partial charge in [0.2, 0.25) is 0 Å². The third kappa shape index (κ3) is 6.19. The summed E-state index contributed by atoms with van der Waals surface area (Å²) in [7, 11) is 0. The molecule has 0 saturated carbocycles. The topological polar surface area (TPSA) is 40.4 Å². The molecule has 2 aromatic rings. The molecule has 34 heavy (non-hydrogen) atoms. The summed E-state index contributed by atoms with van der Waals surface area (Å²) in [6, 6.07) is 4.37. The Balaban J connectivity index is 1.26. The number of halogens is 3. The number of likely N-dealkylation sites (tertiary alicyclic amines) is 1. The van der Waals surface area contributed by atoms with E-state index in [4.69, 9.17) is 23.2 Å². The number of allylic oxidation sites excluding steroid dienone is 3. The standard InChI is InChI=1S/C25H33Cl2FN6/c1-3-20(26)15-24(28)19(2)18-31-9-5-21(6-10-31)32-11-13-33(14-12-32)25-23(27)16-22(17-29-25)34-8-4-7-30-34/h4,7-8,15-17,21H,3,5-6,9-14,18H2,1-2H3/b20-15+,24-19-. The van der Waals surface area contributed by atoms with E-state index in [0.29, 0.717) is 29.1 Å². The number of pyridine rings is 1. The Bertz CT molecular complexity index is 1010. The second-order valence-corrected chi connectivity index (χ2v) is 9.95. The first-order valence-electron chi connectivity index (χ1n) is 12.0. The maximum atomic E-state index is 14.3. The summed E-state index contributed by atoms with van der Waals surface area (Å²) in [5.74, 6) is 0.642. The van der Waals surface area contributed by atoms with Gasteiger partial charge in [0.1, 0.15) is 11.6 Å². The molecule has 2 aromatic heterocycles. The molecule has 0 amide bonds. The van der Waals surface area contributed by atoms with Gasteiger partial charge in [0.05, 0.1) is 16.9 Å². The number of piperazine rings is 1. The first kappa shape index (κ1) is 25.2. The minimum Gasteiger partial charge on any atom is -0.353 e. The lowest BCUT2D eigenvalue weighted by molar-refractivity contribution is 0.107. The molecular formula is C25H33Cl2FN6. The van der Waals surface area contributed by atoms with Crippen LogP contribution in [0.1, 0.15) is 33.1 Å². The van der Waals surface area contributed by atoms with Crippen LogP contribution >= 0.6 is 23.2 Å². The van der Waals surface area contributed by atoms with Crippen LogP contribution in [-0.4, -0.2) is 76.4 Å². The summed E-state index contributed by atoms with van der Waals surface area (Å²) < 4.78 is 16.1. The monoisotopic (exact) mass is 506 g/mol. The van der Waals surface area contributed by atoms with Crippen molar-refractivity contribution in [1.82, 2.24) is 24.6 Å². The minimum absolute atomic E-state index is 0.199. The smallest absolute Gasteiger partial charge is 0.147 e. The Morgan fingerprint density at radius 2 is 1.91 bits per heavy atom. The Morgan fingerprint density at radius 3 is 2.53 bits per heavy atom. The van der Waals surface area contributed by atoms with Gasteiger partial charge in [-0.25, -0.2) is 14.1 Å². The van der Waals surface area contributed by atoms with Crippen LogP contribution in [0.25, 0.3) is 5.69 Å². The molecule has 6 nitrogen and oxygen atoms in total. The molecule has 0 radical (unpaired) electrons. The minimum atomic E-state index is -0.199. The number of hydrogen-bond acceptors (Lipinski definition) is 5. The van der Waals surface area contributed by atoms with Gasteiger partial charge >= 0.3 is 0 Å². The van der Waals surface area contributed by atoms with Crippen molar-refractivity contribution in [2.75, 3.05) is 50.7 Å². The highest BCUT2D eigenvalue weighted by Gasteiger charge is 2.28. The van der Waals surface area contributed by atoms with Crippen LogP contribution in [0.15, 0.2) is 53.2 Å². The van der Waals surface area contributed by atoms with E-state index in [9.17, 15) is 4.39 Å². The number of nitrogens with zero attached hydrogens (tertiary/aromatic N) is 6. The van der Waals surface area contributed by atoms with Gasteiger partial charge in [0.25, 0.3) is 0 Å². The predicted octanol–water partition coefficient (Wildman–Crippen LogP) is 5.28. The molecule has 4 heterocycles. The molecular weight excluding hydrogens is 474 g/mol. The van der Waals surface area contributed by atoms with Gasteiger partial charge in [-0.3, -0.25) is 9.80 Å². The Morgan fingerprint density at radius 1 is 1.18 bits per heavy atom. The molecule has 2 aliphatic rings. The van der Waals surface area contributed by atoms with E-state index >= 15 is 0 Å². The molecule has 2 saturated heterocycles. The average Bonchev–Trinajstić information content (AvgIpc) is 3.39. The van der Waals surface area contributed by atoms with Crippen LogP contribution in [0.2, 0.25) is 5.02 Å². The lowest BCUT2D eigenvalue weighted by Crippen LogP contribution is -2.53. The van der Waals surface area contributed by atoms with Gasteiger partial charge in [-0.05, 0) is 63.1 Å². The van der Waals surface area contributed by atoms with E-state index in [1.165, 1.54) is 6.08 Å². The van der Waals surface area contributed by atoms with Gasteiger partial charge in [0.15, 0.2) is 0 Å². The van der Waals surface area contributed by atoms with Crippen molar-refractivity contribution in [2.24, 2.45) is 0 Å². The zero-order valence-electron chi connectivity index (χ0n) is 19.9. The molecule has 184 valence electrons. The van der Waals surface area contributed by atoms with Crippen molar-refractivity contribution in [2.45, 2.75) is 39.2 Å². The highest BCUT2D eigenvalue weighted by atomic mass is 35.5. The maximum Gasteiger partial charge on any atom is 0.147 e. The van der Waals surface area contributed by atoms with Crippen molar-refractivity contribution in [1.29, 1.82) is 0 Å². The van der Waals surface area contributed by atoms with E-state index in [1.807, 2.05) is 38.4 Å². The molecule has 0 aromatic carbocycles. The molecule has 0 atom stereocenters. The van der Waals surface area contributed by atoms with Crippen LogP contribution in [0.4, 0.5) is 10.2 Å². The summed E-state index contributed by atoms with van der Waals surface area (Å²) in [6.45, 7) is 10.2. The van der Waals surface area contributed by atoms with Gasteiger partial charge in [0, 0.05) is 56.2 Å². The van der Waals surface area contributed by atoms with Gasteiger partial charge in [-0.1, -0.05) is 30.1 Å². The first-order chi connectivity index (χ1) is 16.4. The molecule has 0 unspecified atom stereocenters. The second kappa shape index (κ2) is 11.7. The quantitative estimate of drug-likeness (QED) is 0.477. The molecule has 4 rings (SSSR count). The molecule has 9 heteroatoms. The summed E-state index contributed by atoms with van der Waals surface area (Å²) in [4.78, 5) is 11.8. The predicted molar refractivity (Wildman–Crippen MR) is 138 cm³/mol. The van der Waals surface area contributed by atoms with Crippen LogP contribution < -0.4 is 4.90 Å². The third-order valence-corrected chi connectivity index (χ3v) is 7.41. The highest BCUT2D eigenvalue weighted by molar-refractivity contribution is 6.33. The summed E-state index contributed by atoms with van der Waals surface area (Å²) in [5, 5.41) is 5.45. The van der Waals surface area contributed by atoms with Crippen LogP contribution in [0.5, 0.6) is 0 Å². The first-order valence-corrected chi connectivity index (χ1v) is 12.8. The molecule has 0 bridgehead atoms. The summed E-state index contributed by atoms with van der Waals surface area (Å²) in [6.07, 6.45) is 9.76. The summed E-state index contributed by atoms with van der Waals surface area (Å²) in [5.41, 5.74) is 1.61. The summed E-state index contributed by atoms with van der Waals surface area (Å²) >= 11 is 12.6. The number of anilines is 1. The largest absolute Gasteiger partial charge is 0.353 e. The highest BCUT2D eigenvalue weighted by Crippen LogP contribution is 2.28. The number of rotatable bonds is 7.